The Morgan fingerprint density at radius 2 is 2.06 bits per heavy atom. The summed E-state index contributed by atoms with van der Waals surface area (Å²) in [6, 6.07) is 4.91. The summed E-state index contributed by atoms with van der Waals surface area (Å²) < 4.78 is 26.1. The van der Waals surface area contributed by atoms with Crippen LogP contribution in [0.4, 0.5) is 0 Å². The van der Waals surface area contributed by atoms with Crippen molar-refractivity contribution in [3.63, 3.8) is 0 Å². The van der Waals surface area contributed by atoms with Crippen molar-refractivity contribution in [3.8, 4) is 0 Å². The van der Waals surface area contributed by atoms with E-state index in [2.05, 4.69) is 5.32 Å². The molecule has 1 aromatic rings. The highest BCUT2D eigenvalue weighted by Gasteiger charge is 2.22. The van der Waals surface area contributed by atoms with Crippen LogP contribution in [0.15, 0.2) is 23.1 Å². The summed E-state index contributed by atoms with van der Waals surface area (Å²) in [7, 11) is -0.0200. The summed E-state index contributed by atoms with van der Waals surface area (Å²) in [6.45, 7) is 3.04. The average molecular weight is 291 g/mol. The van der Waals surface area contributed by atoms with E-state index in [0.29, 0.717) is 17.1 Å². The number of sulfonamides is 1. The lowest BCUT2D eigenvalue weighted by Crippen LogP contribution is -2.30. The number of halogens is 1. The van der Waals surface area contributed by atoms with Crippen LogP contribution in [0.5, 0.6) is 0 Å². The fraction of sp³-hybridized carbons (Fsp3) is 0.500. The third kappa shape index (κ3) is 3.68. The lowest BCUT2D eigenvalue weighted by molar-refractivity contribution is 0.457. The molecule has 0 aromatic heterocycles. The van der Waals surface area contributed by atoms with Crippen molar-refractivity contribution >= 4 is 21.6 Å². The maximum absolute atomic E-state index is 12.3. The summed E-state index contributed by atoms with van der Waals surface area (Å²) in [5.74, 6) is 0. The number of hydrogen-bond donors (Lipinski definition) is 1. The predicted molar refractivity (Wildman–Crippen MR) is 74.5 cm³/mol. The average Bonchev–Trinajstić information content (AvgIpc) is 2.32. The van der Waals surface area contributed by atoms with Crippen LogP contribution in [0.3, 0.4) is 0 Å². The largest absolute Gasteiger partial charge is 0.320 e. The molecular formula is C12H19ClN2O2S. The molecule has 18 heavy (non-hydrogen) atoms. The van der Waals surface area contributed by atoms with E-state index in [9.17, 15) is 8.42 Å². The molecule has 1 rings (SSSR count). The lowest BCUT2D eigenvalue weighted by atomic mass is 10.2. The molecule has 0 aliphatic heterocycles. The van der Waals surface area contributed by atoms with Crippen LogP contribution in [0, 0.1) is 6.92 Å². The number of benzene rings is 1. The van der Waals surface area contributed by atoms with Gasteiger partial charge in [0.1, 0.15) is 0 Å². The van der Waals surface area contributed by atoms with Gasteiger partial charge in [0.25, 0.3) is 0 Å². The minimum atomic E-state index is -3.45. The smallest absolute Gasteiger partial charge is 0.243 e. The third-order valence-electron chi connectivity index (χ3n) is 2.74. The van der Waals surface area contributed by atoms with Gasteiger partial charge in [0.15, 0.2) is 0 Å². The van der Waals surface area contributed by atoms with Crippen LogP contribution in [0.2, 0.25) is 5.02 Å². The lowest BCUT2D eigenvalue weighted by Gasteiger charge is -2.18. The van der Waals surface area contributed by atoms with Crippen LogP contribution < -0.4 is 5.32 Å². The molecule has 1 aromatic carbocycles. The molecule has 0 saturated carbocycles. The molecule has 0 aliphatic rings. The zero-order chi connectivity index (χ0) is 13.8. The molecule has 0 amide bonds. The van der Waals surface area contributed by atoms with Crippen molar-refractivity contribution in [2.24, 2.45) is 0 Å². The van der Waals surface area contributed by atoms with Gasteiger partial charge < -0.3 is 5.32 Å². The molecule has 0 spiro atoms. The molecule has 0 heterocycles. The van der Waals surface area contributed by atoms with E-state index in [1.54, 1.807) is 26.1 Å². The van der Waals surface area contributed by atoms with Crippen molar-refractivity contribution in [1.82, 2.24) is 9.62 Å². The van der Waals surface area contributed by atoms with Crippen LogP contribution in [-0.4, -0.2) is 39.9 Å². The fourth-order valence-electron chi connectivity index (χ4n) is 1.62. The molecule has 1 N–H and O–H groups in total. The molecule has 0 radical (unpaired) electrons. The Kier molecular flexibility index (Phi) is 5.59. The first-order valence-corrected chi connectivity index (χ1v) is 7.58. The molecule has 0 atom stereocenters. The van der Waals surface area contributed by atoms with Gasteiger partial charge >= 0.3 is 0 Å². The second-order valence-electron chi connectivity index (χ2n) is 4.19. The van der Waals surface area contributed by atoms with Crippen molar-refractivity contribution in [2.45, 2.75) is 18.2 Å². The molecular weight excluding hydrogens is 272 g/mol. The topological polar surface area (TPSA) is 49.4 Å². The molecule has 0 aliphatic carbocycles. The summed E-state index contributed by atoms with van der Waals surface area (Å²) >= 11 is 5.86. The maximum Gasteiger partial charge on any atom is 0.243 e. The molecule has 4 nitrogen and oxygen atoms in total. The minimum Gasteiger partial charge on any atom is -0.320 e. The first-order chi connectivity index (χ1) is 8.39. The van der Waals surface area contributed by atoms with Crippen molar-refractivity contribution in [2.75, 3.05) is 27.2 Å². The highest BCUT2D eigenvalue weighted by Crippen LogP contribution is 2.22. The van der Waals surface area contributed by atoms with Crippen molar-refractivity contribution < 1.29 is 8.42 Å². The van der Waals surface area contributed by atoms with Gasteiger partial charge in [-0.2, -0.15) is 0 Å². The number of hydrogen-bond acceptors (Lipinski definition) is 3. The Morgan fingerprint density at radius 1 is 1.39 bits per heavy atom. The van der Waals surface area contributed by atoms with Gasteiger partial charge in [-0.1, -0.05) is 17.7 Å². The summed E-state index contributed by atoms with van der Waals surface area (Å²) in [4.78, 5) is 0.280. The summed E-state index contributed by atoms with van der Waals surface area (Å²) in [6.07, 6.45) is 0.770. The van der Waals surface area contributed by atoms with Gasteiger partial charge in [-0.25, -0.2) is 12.7 Å². The van der Waals surface area contributed by atoms with E-state index < -0.39 is 10.0 Å². The Hall–Kier alpha value is -0.620. The number of nitrogens with zero attached hydrogens (tertiary/aromatic N) is 1. The Morgan fingerprint density at radius 3 is 2.67 bits per heavy atom. The Balaban J connectivity index is 2.95. The number of nitrogens with one attached hydrogen (secondary N) is 1. The zero-order valence-corrected chi connectivity index (χ0v) is 12.5. The van der Waals surface area contributed by atoms with Crippen LogP contribution >= 0.6 is 11.6 Å². The monoisotopic (exact) mass is 290 g/mol. The van der Waals surface area contributed by atoms with Gasteiger partial charge in [0, 0.05) is 18.6 Å². The van der Waals surface area contributed by atoms with Crippen LogP contribution in [0.1, 0.15) is 12.0 Å². The van der Waals surface area contributed by atoms with Gasteiger partial charge in [-0.05, 0) is 44.6 Å². The van der Waals surface area contributed by atoms with Crippen molar-refractivity contribution in [3.05, 3.63) is 28.8 Å². The second-order valence-corrected chi connectivity index (χ2v) is 6.64. The quantitative estimate of drug-likeness (QED) is 0.814. The number of rotatable bonds is 6. The minimum absolute atomic E-state index is 0.280. The fourth-order valence-corrected chi connectivity index (χ4v) is 3.31. The van der Waals surface area contributed by atoms with Gasteiger partial charge in [0.2, 0.25) is 10.0 Å². The zero-order valence-electron chi connectivity index (χ0n) is 10.9. The second kappa shape index (κ2) is 6.52. The van der Waals surface area contributed by atoms with Gasteiger partial charge in [0.05, 0.1) is 4.90 Å². The van der Waals surface area contributed by atoms with Crippen LogP contribution in [0.25, 0.3) is 0 Å². The Labute approximate surface area is 114 Å². The van der Waals surface area contributed by atoms with Crippen LogP contribution in [-0.2, 0) is 10.0 Å². The van der Waals surface area contributed by atoms with E-state index in [0.717, 1.165) is 13.0 Å². The van der Waals surface area contributed by atoms with E-state index in [4.69, 9.17) is 11.6 Å². The molecule has 0 saturated heterocycles. The Bertz CT molecular complexity index is 503. The SMILES string of the molecule is CNCCCN(C)S(=O)(=O)c1cc(Cl)ccc1C. The predicted octanol–water partition coefficient (Wildman–Crippen LogP) is 1.88. The summed E-state index contributed by atoms with van der Waals surface area (Å²) in [5.41, 5.74) is 0.708. The molecule has 6 heteroatoms. The molecule has 0 fully saturated rings. The molecule has 102 valence electrons. The highest BCUT2D eigenvalue weighted by atomic mass is 35.5. The standard InChI is InChI=1S/C12H19ClN2O2S/c1-10-5-6-11(13)9-12(10)18(16,17)15(3)8-4-7-14-2/h5-6,9,14H,4,7-8H2,1-3H3. The third-order valence-corrected chi connectivity index (χ3v) is 4.97. The first kappa shape index (κ1) is 15.4. The normalized spacial score (nSPS) is 12.1. The van der Waals surface area contributed by atoms with Crippen molar-refractivity contribution in [1.29, 1.82) is 0 Å². The number of aryl methyl sites for hydroxylation is 1. The summed E-state index contributed by atoms with van der Waals surface area (Å²) in [5, 5.41) is 3.43. The van der Waals surface area contributed by atoms with E-state index >= 15 is 0 Å². The van der Waals surface area contributed by atoms with E-state index in [1.807, 2.05) is 7.05 Å². The van der Waals surface area contributed by atoms with Gasteiger partial charge in [-0.3, -0.25) is 0 Å². The molecule has 0 bridgehead atoms. The van der Waals surface area contributed by atoms with E-state index in [1.165, 1.54) is 10.4 Å². The van der Waals surface area contributed by atoms with E-state index in [-0.39, 0.29) is 4.90 Å². The first-order valence-electron chi connectivity index (χ1n) is 5.76. The maximum atomic E-state index is 12.3. The van der Waals surface area contributed by atoms with Gasteiger partial charge in [-0.15, -0.1) is 0 Å². The molecule has 0 unspecified atom stereocenters. The highest BCUT2D eigenvalue weighted by molar-refractivity contribution is 7.89.